The molecule has 1 heterocycles. The van der Waals surface area contributed by atoms with Crippen LogP contribution < -0.4 is 0 Å². The van der Waals surface area contributed by atoms with Crippen LogP contribution in [-0.2, 0) is 12.2 Å². The predicted octanol–water partition coefficient (Wildman–Crippen LogP) is 4.44. The molecule has 90 valence electrons. The second kappa shape index (κ2) is 5.69. The van der Waals surface area contributed by atoms with E-state index in [0.29, 0.717) is 5.92 Å². The summed E-state index contributed by atoms with van der Waals surface area (Å²) in [5.74, 6) is 1.42. The van der Waals surface area contributed by atoms with Crippen LogP contribution in [0, 0.1) is 5.92 Å². The van der Waals surface area contributed by atoms with Gasteiger partial charge in [-0.15, -0.1) is 11.3 Å². The Morgan fingerprint density at radius 1 is 1.24 bits per heavy atom. The maximum Gasteiger partial charge on any atom is 0.103 e. The SMILES string of the molecule is CC(C)Cc1ccc(-c2csc(CS)n2)cc1. The molecule has 0 saturated carbocycles. The van der Waals surface area contributed by atoms with Crippen molar-refractivity contribution in [2.75, 3.05) is 0 Å². The Balaban J connectivity index is 2.17. The van der Waals surface area contributed by atoms with Crippen molar-refractivity contribution in [2.24, 2.45) is 5.92 Å². The van der Waals surface area contributed by atoms with E-state index in [0.717, 1.165) is 22.9 Å². The first-order valence-corrected chi connectivity index (χ1v) is 7.35. The first kappa shape index (κ1) is 12.7. The Kier molecular flexibility index (Phi) is 4.24. The molecule has 0 aliphatic rings. The van der Waals surface area contributed by atoms with Crippen LogP contribution in [-0.4, -0.2) is 4.98 Å². The summed E-state index contributed by atoms with van der Waals surface area (Å²) in [4.78, 5) is 4.53. The lowest BCUT2D eigenvalue weighted by Gasteiger charge is -2.05. The quantitative estimate of drug-likeness (QED) is 0.805. The number of thiol groups is 1. The van der Waals surface area contributed by atoms with Gasteiger partial charge in [-0.25, -0.2) is 4.98 Å². The van der Waals surface area contributed by atoms with Crippen molar-refractivity contribution in [1.82, 2.24) is 4.98 Å². The van der Waals surface area contributed by atoms with E-state index >= 15 is 0 Å². The first-order valence-electron chi connectivity index (χ1n) is 5.83. The molecule has 1 aromatic heterocycles. The molecule has 2 aromatic rings. The van der Waals surface area contributed by atoms with Crippen molar-refractivity contribution in [3.63, 3.8) is 0 Å². The molecule has 0 aliphatic carbocycles. The Morgan fingerprint density at radius 3 is 2.47 bits per heavy atom. The van der Waals surface area contributed by atoms with Gasteiger partial charge < -0.3 is 0 Å². The van der Waals surface area contributed by atoms with Gasteiger partial charge >= 0.3 is 0 Å². The number of hydrogen-bond acceptors (Lipinski definition) is 3. The molecule has 0 radical (unpaired) electrons. The maximum absolute atomic E-state index is 4.53. The highest BCUT2D eigenvalue weighted by Gasteiger charge is 2.04. The van der Waals surface area contributed by atoms with Crippen molar-refractivity contribution < 1.29 is 0 Å². The molecule has 0 amide bonds. The Hall–Kier alpha value is -0.800. The number of aromatic nitrogens is 1. The summed E-state index contributed by atoms with van der Waals surface area (Å²) in [6.45, 7) is 4.49. The summed E-state index contributed by atoms with van der Waals surface area (Å²) in [6, 6.07) is 8.73. The molecular weight excluding hydrogens is 246 g/mol. The molecule has 0 N–H and O–H groups in total. The van der Waals surface area contributed by atoms with Crippen molar-refractivity contribution in [2.45, 2.75) is 26.0 Å². The molecule has 0 bridgehead atoms. The Morgan fingerprint density at radius 2 is 1.94 bits per heavy atom. The third-order valence-electron chi connectivity index (χ3n) is 2.58. The minimum absolute atomic E-state index is 0.705. The third-order valence-corrected chi connectivity index (χ3v) is 3.94. The van der Waals surface area contributed by atoms with Crippen LogP contribution in [0.4, 0.5) is 0 Å². The standard InChI is InChI=1S/C14H17NS2/c1-10(2)7-11-3-5-12(6-4-11)13-9-17-14(8-16)15-13/h3-6,9-10,16H,7-8H2,1-2H3. The van der Waals surface area contributed by atoms with E-state index in [-0.39, 0.29) is 0 Å². The van der Waals surface area contributed by atoms with Crippen molar-refractivity contribution in [1.29, 1.82) is 0 Å². The third kappa shape index (κ3) is 3.33. The minimum Gasteiger partial charge on any atom is -0.240 e. The molecule has 0 fully saturated rings. The van der Waals surface area contributed by atoms with Gasteiger partial charge in [-0.3, -0.25) is 0 Å². The van der Waals surface area contributed by atoms with Gasteiger partial charge in [-0.2, -0.15) is 12.6 Å². The summed E-state index contributed by atoms with van der Waals surface area (Å²) in [7, 11) is 0. The molecule has 1 aromatic carbocycles. The fraction of sp³-hybridized carbons (Fsp3) is 0.357. The van der Waals surface area contributed by atoms with E-state index in [9.17, 15) is 0 Å². The van der Waals surface area contributed by atoms with E-state index in [1.54, 1.807) is 11.3 Å². The highest BCUT2D eigenvalue weighted by atomic mass is 32.1. The van der Waals surface area contributed by atoms with E-state index in [2.05, 4.69) is 61.1 Å². The van der Waals surface area contributed by atoms with E-state index < -0.39 is 0 Å². The Labute approximate surface area is 112 Å². The van der Waals surface area contributed by atoms with Crippen molar-refractivity contribution >= 4 is 24.0 Å². The molecule has 0 atom stereocenters. The molecule has 0 spiro atoms. The fourth-order valence-electron chi connectivity index (χ4n) is 1.80. The summed E-state index contributed by atoms with van der Waals surface area (Å²) in [6.07, 6.45) is 1.14. The number of rotatable bonds is 4. The summed E-state index contributed by atoms with van der Waals surface area (Å²) >= 11 is 5.91. The van der Waals surface area contributed by atoms with Gasteiger partial charge in [-0.1, -0.05) is 38.1 Å². The van der Waals surface area contributed by atoms with E-state index in [1.165, 1.54) is 11.1 Å². The maximum atomic E-state index is 4.53. The van der Waals surface area contributed by atoms with Crippen LogP contribution >= 0.6 is 24.0 Å². The number of hydrogen-bond donors (Lipinski definition) is 1. The zero-order valence-electron chi connectivity index (χ0n) is 10.2. The van der Waals surface area contributed by atoms with Crippen molar-refractivity contribution in [3.8, 4) is 11.3 Å². The van der Waals surface area contributed by atoms with Gasteiger partial charge in [0, 0.05) is 16.7 Å². The second-order valence-electron chi connectivity index (χ2n) is 4.58. The van der Waals surface area contributed by atoms with E-state index in [4.69, 9.17) is 0 Å². The van der Waals surface area contributed by atoms with Gasteiger partial charge in [0.05, 0.1) is 5.69 Å². The zero-order chi connectivity index (χ0) is 12.3. The molecule has 0 aliphatic heterocycles. The topological polar surface area (TPSA) is 12.9 Å². The van der Waals surface area contributed by atoms with Crippen LogP contribution in [0.15, 0.2) is 29.6 Å². The largest absolute Gasteiger partial charge is 0.240 e. The van der Waals surface area contributed by atoms with Gasteiger partial charge in [0.1, 0.15) is 5.01 Å². The number of benzene rings is 1. The molecule has 0 unspecified atom stereocenters. The normalized spacial score (nSPS) is 11.1. The number of thiazole rings is 1. The van der Waals surface area contributed by atoms with Crippen LogP contribution in [0.2, 0.25) is 0 Å². The van der Waals surface area contributed by atoms with Crippen LogP contribution in [0.5, 0.6) is 0 Å². The van der Waals surface area contributed by atoms with Gasteiger partial charge in [0.2, 0.25) is 0 Å². The smallest absolute Gasteiger partial charge is 0.103 e. The van der Waals surface area contributed by atoms with E-state index in [1.807, 2.05) is 0 Å². The van der Waals surface area contributed by atoms with Crippen LogP contribution in [0.1, 0.15) is 24.4 Å². The molecular formula is C14H17NS2. The Bertz CT molecular complexity index is 471. The average molecular weight is 263 g/mol. The molecule has 3 heteroatoms. The van der Waals surface area contributed by atoms with Gasteiger partial charge in [0.15, 0.2) is 0 Å². The molecule has 1 nitrogen and oxygen atoms in total. The fourth-order valence-corrected chi connectivity index (χ4v) is 2.76. The van der Waals surface area contributed by atoms with Crippen LogP contribution in [0.25, 0.3) is 11.3 Å². The molecule has 17 heavy (non-hydrogen) atoms. The molecule has 0 saturated heterocycles. The molecule has 2 rings (SSSR count). The average Bonchev–Trinajstić information content (AvgIpc) is 2.78. The van der Waals surface area contributed by atoms with Gasteiger partial charge in [-0.05, 0) is 17.9 Å². The minimum atomic E-state index is 0.705. The second-order valence-corrected chi connectivity index (χ2v) is 5.84. The number of nitrogens with zero attached hydrogens (tertiary/aromatic N) is 1. The summed E-state index contributed by atoms with van der Waals surface area (Å²) in [5, 5.41) is 3.18. The first-order chi connectivity index (χ1) is 8.19. The lowest BCUT2D eigenvalue weighted by atomic mass is 10.0. The lowest BCUT2D eigenvalue weighted by molar-refractivity contribution is 0.647. The highest BCUT2D eigenvalue weighted by molar-refractivity contribution is 7.79. The van der Waals surface area contributed by atoms with Crippen molar-refractivity contribution in [3.05, 3.63) is 40.2 Å². The summed E-state index contributed by atoms with van der Waals surface area (Å²) in [5.41, 5.74) is 3.66. The summed E-state index contributed by atoms with van der Waals surface area (Å²) < 4.78 is 0. The zero-order valence-corrected chi connectivity index (χ0v) is 11.9. The van der Waals surface area contributed by atoms with Gasteiger partial charge in [0.25, 0.3) is 0 Å². The predicted molar refractivity (Wildman–Crippen MR) is 78.8 cm³/mol. The lowest BCUT2D eigenvalue weighted by Crippen LogP contribution is -1.93. The monoisotopic (exact) mass is 263 g/mol. The van der Waals surface area contributed by atoms with Crippen LogP contribution in [0.3, 0.4) is 0 Å². The highest BCUT2D eigenvalue weighted by Crippen LogP contribution is 2.23.